The lowest BCUT2D eigenvalue weighted by atomic mass is 9.48. The minimum Gasteiger partial charge on any atom is -0.0622 e. The van der Waals surface area contributed by atoms with Crippen molar-refractivity contribution in [2.75, 3.05) is 0 Å². The summed E-state index contributed by atoms with van der Waals surface area (Å²) in [5.41, 5.74) is 5.96. The molecular weight excluding hydrogens is 721 g/mol. The summed E-state index contributed by atoms with van der Waals surface area (Å²) in [7, 11) is 0. The topological polar surface area (TPSA) is 0 Å². The fraction of sp³-hybridized carbons (Fsp3) is 0.333. The van der Waals surface area contributed by atoms with Crippen LogP contribution in [0.5, 0.6) is 0 Å². The number of benzene rings is 8. The molecule has 0 radical (unpaired) electrons. The van der Waals surface area contributed by atoms with Crippen molar-refractivity contribution in [2.45, 2.75) is 87.9 Å². The van der Waals surface area contributed by atoms with E-state index >= 15 is 0 Å². The zero-order valence-corrected chi connectivity index (χ0v) is 34.3. The van der Waals surface area contributed by atoms with Crippen LogP contribution in [-0.2, 0) is 10.8 Å². The Kier molecular flexibility index (Phi) is 6.15. The van der Waals surface area contributed by atoms with Gasteiger partial charge in [0.05, 0.1) is 8.22 Å². The van der Waals surface area contributed by atoms with Gasteiger partial charge in [0.1, 0.15) is 0 Å². The summed E-state index contributed by atoms with van der Waals surface area (Å²) >= 11 is 0. The summed E-state index contributed by atoms with van der Waals surface area (Å²) in [6, 6.07) is 38.4. The highest BCUT2D eigenvalue weighted by molar-refractivity contribution is 6.24. The van der Waals surface area contributed by atoms with Gasteiger partial charge in [0, 0.05) is 0 Å². The molecule has 8 bridgehead atoms. The van der Waals surface area contributed by atoms with E-state index in [1.807, 2.05) is 60.7 Å². The van der Waals surface area contributed by atoms with Crippen molar-refractivity contribution in [1.29, 1.82) is 0 Å². The molecule has 8 fully saturated rings. The molecule has 0 heterocycles. The van der Waals surface area contributed by atoms with E-state index in [1.54, 1.807) is 0 Å². The molecular formula is C60H54. The lowest BCUT2D eigenvalue weighted by Crippen LogP contribution is -2.48. The number of hydrogen-bond acceptors (Lipinski definition) is 0. The lowest BCUT2D eigenvalue weighted by Gasteiger charge is -2.57. The van der Waals surface area contributed by atoms with E-state index in [9.17, 15) is 8.22 Å². The van der Waals surface area contributed by atoms with Gasteiger partial charge in [0.25, 0.3) is 0 Å². The van der Waals surface area contributed by atoms with Crippen LogP contribution in [0.1, 0.15) is 96.4 Å². The first kappa shape index (κ1) is 29.1. The van der Waals surface area contributed by atoms with Crippen molar-refractivity contribution in [3.8, 4) is 33.4 Å². The first-order chi connectivity index (χ1) is 32.1. The molecule has 0 heteroatoms. The zero-order valence-electron chi connectivity index (χ0n) is 40.3. The molecule has 0 atom stereocenters. The van der Waals surface area contributed by atoms with E-state index in [1.165, 1.54) is 63.4 Å². The van der Waals surface area contributed by atoms with Gasteiger partial charge in [-0.1, -0.05) is 127 Å². The summed E-state index contributed by atoms with van der Waals surface area (Å²) in [6.45, 7) is 0. The van der Waals surface area contributed by atoms with Gasteiger partial charge in [-0.2, -0.15) is 0 Å². The van der Waals surface area contributed by atoms with Crippen LogP contribution in [0, 0.1) is 35.5 Å². The second-order valence-corrected chi connectivity index (χ2v) is 20.8. The highest BCUT2D eigenvalue weighted by Crippen LogP contribution is 2.63. The Bertz CT molecular complexity index is 3330. The summed E-state index contributed by atoms with van der Waals surface area (Å²) in [4.78, 5) is 0. The van der Waals surface area contributed by atoms with E-state index < -0.39 is 0 Å². The minimum atomic E-state index is -0.329. The molecule has 60 heavy (non-hydrogen) atoms. The van der Waals surface area contributed by atoms with Crippen molar-refractivity contribution in [1.82, 2.24) is 0 Å². The fourth-order valence-corrected chi connectivity index (χ4v) is 15.5. The third-order valence-corrected chi connectivity index (χ3v) is 17.1. The van der Waals surface area contributed by atoms with E-state index in [0.717, 1.165) is 80.8 Å². The highest BCUT2D eigenvalue weighted by atomic mass is 14.6. The Morgan fingerprint density at radius 3 is 1.55 bits per heavy atom. The lowest BCUT2D eigenvalue weighted by molar-refractivity contribution is -0.00524. The smallest absolute Gasteiger partial charge is 0.0622 e. The molecule has 8 aromatic rings. The van der Waals surface area contributed by atoms with Gasteiger partial charge in [-0.3, -0.25) is 0 Å². The maximum Gasteiger partial charge on any atom is 0.0636 e. The van der Waals surface area contributed by atoms with E-state index in [0.29, 0.717) is 62.0 Å². The molecule has 8 aromatic carbocycles. The van der Waals surface area contributed by atoms with Gasteiger partial charge in [-0.05, 0) is 229 Å². The average molecular weight is 781 g/mol. The summed E-state index contributed by atoms with van der Waals surface area (Å²) in [6.07, 6.45) is 14.2. The molecule has 0 nitrogen and oxygen atoms in total. The van der Waals surface area contributed by atoms with Crippen molar-refractivity contribution >= 4 is 43.1 Å². The normalized spacial score (nSPS) is 31.4. The molecule has 294 valence electrons. The summed E-state index contributed by atoms with van der Waals surface area (Å²) in [5, 5.41) is 6.22. The van der Waals surface area contributed by atoms with E-state index in [4.69, 9.17) is 0 Å². The molecule has 0 saturated heterocycles. The van der Waals surface area contributed by atoms with Crippen molar-refractivity contribution in [2.24, 2.45) is 35.5 Å². The van der Waals surface area contributed by atoms with Crippen LogP contribution in [0.2, 0.25) is 0 Å². The molecule has 16 rings (SSSR count). The molecule has 0 spiro atoms. The minimum absolute atomic E-state index is 0.00504. The molecule has 8 aliphatic carbocycles. The predicted molar refractivity (Wildman–Crippen MR) is 252 cm³/mol. The molecule has 0 amide bonds. The van der Waals surface area contributed by atoms with Gasteiger partial charge in [0.15, 0.2) is 0 Å². The third kappa shape index (κ3) is 5.09. The fourth-order valence-electron chi connectivity index (χ4n) is 15.5. The average Bonchev–Trinajstić information content (AvgIpc) is 3.31. The van der Waals surface area contributed by atoms with Crippen LogP contribution >= 0.6 is 0 Å². The Morgan fingerprint density at radius 1 is 0.367 bits per heavy atom. The predicted octanol–water partition coefficient (Wildman–Crippen LogP) is 16.2. The van der Waals surface area contributed by atoms with Gasteiger partial charge in [-0.25, -0.2) is 0 Å². The molecule has 8 saturated carbocycles. The van der Waals surface area contributed by atoms with Gasteiger partial charge >= 0.3 is 0 Å². The molecule has 0 unspecified atom stereocenters. The monoisotopic (exact) mass is 780 g/mol. The Morgan fingerprint density at radius 2 is 0.883 bits per heavy atom. The van der Waals surface area contributed by atoms with Gasteiger partial charge in [-0.15, -0.1) is 0 Å². The van der Waals surface area contributed by atoms with E-state index in [2.05, 4.69) is 48.5 Å². The summed E-state index contributed by atoms with van der Waals surface area (Å²) in [5.74, 6) is 3.97. The quantitative estimate of drug-likeness (QED) is 0.153. The molecule has 0 aromatic heterocycles. The maximum atomic E-state index is 10.7. The second kappa shape index (κ2) is 12.7. The first-order valence-corrected chi connectivity index (χ1v) is 23.2. The maximum absolute atomic E-state index is 10.7. The third-order valence-electron chi connectivity index (χ3n) is 17.1. The molecule has 0 N–H and O–H groups in total. The van der Waals surface area contributed by atoms with Crippen LogP contribution in [0.4, 0.5) is 0 Å². The van der Waals surface area contributed by atoms with Crippen LogP contribution in [-0.4, -0.2) is 0 Å². The van der Waals surface area contributed by atoms with Crippen LogP contribution < -0.4 is 0 Å². The second-order valence-electron chi connectivity index (χ2n) is 20.8. The largest absolute Gasteiger partial charge is 0.0636 e. The SMILES string of the molecule is [2H]c1c(-c2cccc3ccccc23)c([2H])c2c(-c3cc(C45CC6CC(CC(C6)C4)C5)cc4ccccc34)c3c([2H])c([2H])c(C45CC6CC(CC(C6)C4)C5)c([2H])c3c(-c3ccccc3)c2c1[2H]. The highest BCUT2D eigenvalue weighted by Gasteiger charge is 2.53. The first-order valence-electron chi connectivity index (χ1n) is 26.2. The molecule has 8 aliphatic rings. The van der Waals surface area contributed by atoms with Crippen LogP contribution in [0.25, 0.3) is 76.5 Å². The standard InChI is InChI=1S/C60H54/c1-2-10-44(11-3-1)57-52-19-17-46(50-16-8-13-43-9-4-6-14-49(43)50)28-54(52)58(53-20-18-47(29-56(53)57)59-31-37-21-38(32-59)23-39(22-37)33-59)55-30-48(27-45-12-5-7-15-51(45)55)60-34-40-24-41(35-60)26-42(25-40)36-60/h1-20,27-30,37-42H,21-26,31-36H2/i17D,18D,19D,20D,28D,29D. The summed E-state index contributed by atoms with van der Waals surface area (Å²) < 4.78 is 62.5. The number of fused-ring (bicyclic) bond motifs is 4. The van der Waals surface area contributed by atoms with Gasteiger partial charge in [0.2, 0.25) is 0 Å². The van der Waals surface area contributed by atoms with Crippen LogP contribution in [0.15, 0.2) is 145 Å². The van der Waals surface area contributed by atoms with Crippen molar-refractivity contribution in [3.63, 3.8) is 0 Å². The Labute approximate surface area is 363 Å². The van der Waals surface area contributed by atoms with Crippen molar-refractivity contribution < 1.29 is 8.22 Å². The zero-order chi connectivity index (χ0) is 44.4. The number of hydrogen-bond donors (Lipinski definition) is 0. The Hall–Kier alpha value is -5.20. The van der Waals surface area contributed by atoms with E-state index in [-0.39, 0.29) is 41.0 Å². The Balaban J connectivity index is 1.19. The molecule has 0 aliphatic heterocycles. The number of rotatable bonds is 5. The van der Waals surface area contributed by atoms with Gasteiger partial charge < -0.3 is 0 Å². The van der Waals surface area contributed by atoms with Crippen molar-refractivity contribution in [3.05, 3.63) is 157 Å². The van der Waals surface area contributed by atoms with Crippen LogP contribution in [0.3, 0.4) is 0 Å².